The molecule has 18 heavy (non-hydrogen) atoms. The molecular formula is C12H13BrClNO3. The van der Waals surface area contributed by atoms with Gasteiger partial charge in [-0.05, 0) is 40.5 Å². The zero-order chi connectivity index (χ0) is 13.9. The lowest BCUT2D eigenvalue weighted by molar-refractivity contribution is -0.142. The minimum absolute atomic E-state index is 0.350. The molecule has 0 aliphatic heterocycles. The summed E-state index contributed by atoms with van der Waals surface area (Å²) in [5.74, 6) is -1.37. The molecule has 0 spiro atoms. The van der Waals surface area contributed by atoms with Crippen LogP contribution in [0.3, 0.4) is 0 Å². The number of rotatable bonds is 4. The second kappa shape index (κ2) is 6.20. The number of halogens is 2. The second-order valence-corrected chi connectivity index (χ2v) is 5.09. The first kappa shape index (κ1) is 15.0. The maximum Gasteiger partial charge on any atom is 0.326 e. The summed E-state index contributed by atoms with van der Waals surface area (Å²) in [6.07, 6.45) is 0.350. The number of hydrogen-bond acceptors (Lipinski definition) is 2. The molecule has 0 saturated carbocycles. The van der Waals surface area contributed by atoms with Crippen LogP contribution in [0.5, 0.6) is 0 Å². The SMILES string of the molecule is CCC(C(=O)O)N(C)C(=O)c1ccc(Cl)cc1Br. The van der Waals surface area contributed by atoms with Gasteiger partial charge in [0.1, 0.15) is 6.04 Å². The van der Waals surface area contributed by atoms with E-state index < -0.39 is 12.0 Å². The van der Waals surface area contributed by atoms with Crippen molar-refractivity contribution < 1.29 is 14.7 Å². The molecule has 1 N–H and O–H groups in total. The van der Waals surface area contributed by atoms with Crippen molar-refractivity contribution in [3.63, 3.8) is 0 Å². The minimum atomic E-state index is -1.02. The zero-order valence-corrected chi connectivity index (χ0v) is 12.3. The normalized spacial score (nSPS) is 12.0. The van der Waals surface area contributed by atoms with E-state index in [0.29, 0.717) is 21.5 Å². The van der Waals surface area contributed by atoms with Gasteiger partial charge in [-0.15, -0.1) is 0 Å². The molecule has 0 fully saturated rings. The predicted octanol–water partition coefficient (Wildman–Crippen LogP) is 3.04. The molecule has 0 bridgehead atoms. The highest BCUT2D eigenvalue weighted by atomic mass is 79.9. The lowest BCUT2D eigenvalue weighted by atomic mass is 10.1. The van der Waals surface area contributed by atoms with Gasteiger partial charge in [0.15, 0.2) is 0 Å². The minimum Gasteiger partial charge on any atom is -0.480 e. The molecule has 1 rings (SSSR count). The topological polar surface area (TPSA) is 57.6 Å². The molecule has 4 nitrogen and oxygen atoms in total. The van der Waals surface area contributed by atoms with Crippen molar-refractivity contribution >= 4 is 39.4 Å². The Kier molecular flexibility index (Phi) is 5.16. The third kappa shape index (κ3) is 3.23. The maximum atomic E-state index is 12.2. The van der Waals surface area contributed by atoms with Gasteiger partial charge in [0.25, 0.3) is 5.91 Å². The van der Waals surface area contributed by atoms with E-state index in [0.717, 1.165) is 0 Å². The molecule has 98 valence electrons. The summed E-state index contributed by atoms with van der Waals surface area (Å²) in [6, 6.07) is 3.93. The second-order valence-electron chi connectivity index (χ2n) is 3.80. The van der Waals surface area contributed by atoms with Crippen LogP contribution in [0.25, 0.3) is 0 Å². The van der Waals surface area contributed by atoms with E-state index in [1.165, 1.54) is 11.9 Å². The van der Waals surface area contributed by atoms with E-state index in [1.54, 1.807) is 25.1 Å². The Labute approximate surface area is 119 Å². The molecule has 0 aliphatic rings. The molecule has 1 atom stereocenters. The maximum absolute atomic E-state index is 12.2. The van der Waals surface area contributed by atoms with Gasteiger partial charge in [-0.2, -0.15) is 0 Å². The highest BCUT2D eigenvalue weighted by Crippen LogP contribution is 2.23. The van der Waals surface area contributed by atoms with Crippen LogP contribution in [0.4, 0.5) is 0 Å². The largest absolute Gasteiger partial charge is 0.480 e. The number of carboxylic acids is 1. The quantitative estimate of drug-likeness (QED) is 0.921. The number of carbonyl (C=O) groups is 2. The van der Waals surface area contributed by atoms with Crippen molar-refractivity contribution in [3.05, 3.63) is 33.3 Å². The van der Waals surface area contributed by atoms with E-state index in [9.17, 15) is 9.59 Å². The number of benzene rings is 1. The molecule has 0 aliphatic carbocycles. The molecule has 0 saturated heterocycles. The Bertz CT molecular complexity index is 478. The molecule has 1 aromatic carbocycles. The van der Waals surface area contributed by atoms with E-state index in [-0.39, 0.29) is 5.91 Å². The fourth-order valence-corrected chi connectivity index (χ4v) is 2.46. The van der Waals surface area contributed by atoms with Gasteiger partial charge >= 0.3 is 5.97 Å². The van der Waals surface area contributed by atoms with Gasteiger partial charge in [0, 0.05) is 16.5 Å². The Morgan fingerprint density at radius 3 is 2.56 bits per heavy atom. The third-order valence-corrected chi connectivity index (χ3v) is 3.51. The predicted molar refractivity (Wildman–Crippen MR) is 73.0 cm³/mol. The van der Waals surface area contributed by atoms with Gasteiger partial charge in [0.2, 0.25) is 0 Å². The smallest absolute Gasteiger partial charge is 0.326 e. The van der Waals surface area contributed by atoms with Crippen LogP contribution >= 0.6 is 27.5 Å². The number of likely N-dealkylation sites (N-methyl/N-ethyl adjacent to an activating group) is 1. The average Bonchev–Trinajstić information content (AvgIpc) is 2.28. The lowest BCUT2D eigenvalue weighted by Gasteiger charge is -2.24. The number of hydrogen-bond donors (Lipinski definition) is 1. The fourth-order valence-electron chi connectivity index (χ4n) is 1.61. The van der Waals surface area contributed by atoms with Crippen LogP contribution in [0.2, 0.25) is 5.02 Å². The summed E-state index contributed by atoms with van der Waals surface area (Å²) in [5.41, 5.74) is 0.390. The van der Waals surface area contributed by atoms with Gasteiger partial charge in [0.05, 0.1) is 5.56 Å². The molecule has 0 radical (unpaired) electrons. The van der Waals surface area contributed by atoms with Crippen molar-refractivity contribution in [2.75, 3.05) is 7.05 Å². The van der Waals surface area contributed by atoms with Crippen LogP contribution in [-0.2, 0) is 4.79 Å². The summed E-state index contributed by atoms with van der Waals surface area (Å²) in [7, 11) is 1.48. The summed E-state index contributed by atoms with van der Waals surface area (Å²) < 4.78 is 0.548. The van der Waals surface area contributed by atoms with Gasteiger partial charge < -0.3 is 10.0 Å². The summed E-state index contributed by atoms with van der Waals surface area (Å²) >= 11 is 9.04. The molecule has 1 unspecified atom stereocenters. The Morgan fingerprint density at radius 1 is 1.50 bits per heavy atom. The average molecular weight is 335 g/mol. The molecular weight excluding hydrogens is 321 g/mol. The number of aliphatic carboxylic acids is 1. The lowest BCUT2D eigenvalue weighted by Crippen LogP contribution is -2.42. The molecule has 6 heteroatoms. The monoisotopic (exact) mass is 333 g/mol. The van der Waals surface area contributed by atoms with Crippen molar-refractivity contribution in [3.8, 4) is 0 Å². The number of carboxylic acid groups (broad SMARTS) is 1. The van der Waals surface area contributed by atoms with E-state index in [1.807, 2.05) is 0 Å². The first-order valence-electron chi connectivity index (χ1n) is 5.33. The van der Waals surface area contributed by atoms with Crippen LogP contribution < -0.4 is 0 Å². The molecule has 0 aromatic heterocycles. The van der Waals surface area contributed by atoms with E-state index in [2.05, 4.69) is 15.9 Å². The van der Waals surface area contributed by atoms with E-state index in [4.69, 9.17) is 16.7 Å². The van der Waals surface area contributed by atoms with E-state index >= 15 is 0 Å². The van der Waals surface area contributed by atoms with Crippen molar-refractivity contribution in [1.29, 1.82) is 0 Å². The summed E-state index contributed by atoms with van der Waals surface area (Å²) in [6.45, 7) is 1.72. The first-order valence-corrected chi connectivity index (χ1v) is 6.50. The third-order valence-electron chi connectivity index (χ3n) is 2.62. The molecule has 1 amide bonds. The van der Waals surface area contributed by atoms with Crippen molar-refractivity contribution in [2.24, 2.45) is 0 Å². The van der Waals surface area contributed by atoms with Crippen molar-refractivity contribution in [2.45, 2.75) is 19.4 Å². The highest BCUT2D eigenvalue weighted by Gasteiger charge is 2.26. The Hall–Kier alpha value is -1.07. The Morgan fingerprint density at radius 2 is 2.11 bits per heavy atom. The standard InChI is InChI=1S/C12H13BrClNO3/c1-3-10(12(17)18)15(2)11(16)8-5-4-7(14)6-9(8)13/h4-6,10H,3H2,1-2H3,(H,17,18). The van der Waals surface area contributed by atoms with Gasteiger partial charge in [-0.1, -0.05) is 18.5 Å². The number of nitrogens with zero attached hydrogens (tertiary/aromatic N) is 1. The van der Waals surface area contributed by atoms with Crippen LogP contribution in [0.1, 0.15) is 23.7 Å². The number of carbonyl (C=O) groups excluding carboxylic acids is 1. The summed E-state index contributed by atoms with van der Waals surface area (Å²) in [4.78, 5) is 24.4. The van der Waals surface area contributed by atoms with Crippen LogP contribution in [-0.4, -0.2) is 35.0 Å². The van der Waals surface area contributed by atoms with Gasteiger partial charge in [-0.3, -0.25) is 4.79 Å². The molecule has 1 aromatic rings. The summed E-state index contributed by atoms with van der Waals surface area (Å²) in [5, 5.41) is 9.53. The zero-order valence-electron chi connectivity index (χ0n) is 9.98. The molecule has 0 heterocycles. The Balaban J connectivity index is 3.02. The first-order chi connectivity index (χ1) is 8.38. The fraction of sp³-hybridized carbons (Fsp3) is 0.333. The highest BCUT2D eigenvalue weighted by molar-refractivity contribution is 9.10. The van der Waals surface area contributed by atoms with Crippen LogP contribution in [0.15, 0.2) is 22.7 Å². The number of amides is 1. The van der Waals surface area contributed by atoms with Gasteiger partial charge in [-0.25, -0.2) is 4.79 Å². The van der Waals surface area contributed by atoms with Crippen molar-refractivity contribution in [1.82, 2.24) is 4.90 Å². The van der Waals surface area contributed by atoms with Crippen LogP contribution in [0, 0.1) is 0 Å².